The van der Waals surface area contributed by atoms with Gasteiger partial charge in [0.25, 0.3) is 5.91 Å². The molecule has 1 aliphatic rings. The Morgan fingerprint density at radius 1 is 1.55 bits per heavy atom. The molecule has 1 fully saturated rings. The van der Waals surface area contributed by atoms with Crippen LogP contribution in [-0.2, 0) is 4.79 Å². The highest BCUT2D eigenvalue weighted by molar-refractivity contribution is 5.97. The van der Waals surface area contributed by atoms with E-state index in [1.165, 1.54) is 18.2 Å². The van der Waals surface area contributed by atoms with Crippen LogP contribution in [0.15, 0.2) is 18.2 Å². The van der Waals surface area contributed by atoms with Crippen molar-refractivity contribution in [3.05, 3.63) is 35.1 Å². The smallest absolute Gasteiger partial charge is 0.252 e. The van der Waals surface area contributed by atoms with E-state index in [0.717, 1.165) is 0 Å². The third-order valence-corrected chi connectivity index (χ3v) is 2.86. The van der Waals surface area contributed by atoms with Gasteiger partial charge >= 0.3 is 0 Å². The van der Waals surface area contributed by atoms with E-state index in [9.17, 15) is 14.0 Å². The maximum absolute atomic E-state index is 13.2. The van der Waals surface area contributed by atoms with E-state index in [-0.39, 0.29) is 41.9 Å². The van der Waals surface area contributed by atoms with Crippen molar-refractivity contribution in [1.82, 2.24) is 10.6 Å². The lowest BCUT2D eigenvalue weighted by Crippen LogP contribution is -2.36. The van der Waals surface area contributed by atoms with Gasteiger partial charge in [-0.3, -0.25) is 9.59 Å². The zero-order chi connectivity index (χ0) is 14.5. The van der Waals surface area contributed by atoms with Gasteiger partial charge in [0.05, 0.1) is 18.2 Å². The Kier molecular flexibility index (Phi) is 4.33. The van der Waals surface area contributed by atoms with Crippen molar-refractivity contribution in [3.63, 3.8) is 0 Å². The molecular weight excluding hydrogens is 261 g/mol. The fourth-order valence-corrected chi connectivity index (χ4v) is 1.93. The first-order chi connectivity index (χ1) is 9.60. The molecule has 6 heteroatoms. The van der Waals surface area contributed by atoms with Gasteiger partial charge in [-0.15, -0.1) is 0 Å². The minimum Gasteiger partial charge on any atom is -0.354 e. The number of carbonyl (C=O) groups excluding carboxylic acids is 2. The Labute approximate surface area is 115 Å². The molecule has 20 heavy (non-hydrogen) atoms. The normalized spacial score (nSPS) is 17.1. The first-order valence-corrected chi connectivity index (χ1v) is 6.16. The quantitative estimate of drug-likeness (QED) is 0.651. The summed E-state index contributed by atoms with van der Waals surface area (Å²) >= 11 is 0. The third-order valence-electron chi connectivity index (χ3n) is 2.86. The standard InChI is InChI=1S/C14H14FN3O2/c15-10-3-4-12(9(6-10)2-1-5-16)14(20)18-11-7-13(19)17-8-11/h3-4,6,11H,5,7-8,16H2,(H,17,19)(H,18,20). The number of nitrogens with one attached hydrogen (secondary N) is 2. The van der Waals surface area contributed by atoms with Crippen LogP contribution in [-0.4, -0.2) is 30.9 Å². The van der Waals surface area contributed by atoms with E-state index in [1.807, 2.05) is 0 Å². The molecule has 5 nitrogen and oxygen atoms in total. The molecule has 1 atom stereocenters. The van der Waals surface area contributed by atoms with Crippen molar-refractivity contribution in [3.8, 4) is 11.8 Å². The van der Waals surface area contributed by atoms with Gasteiger partial charge in [-0.05, 0) is 18.2 Å². The van der Waals surface area contributed by atoms with Gasteiger partial charge in [-0.25, -0.2) is 4.39 Å². The number of benzene rings is 1. The summed E-state index contributed by atoms with van der Waals surface area (Å²) in [5.74, 6) is 4.31. The Balaban J connectivity index is 2.18. The Morgan fingerprint density at radius 3 is 3.00 bits per heavy atom. The predicted octanol–water partition coefficient (Wildman–Crippen LogP) is -0.246. The van der Waals surface area contributed by atoms with Gasteiger partial charge in [0.15, 0.2) is 0 Å². The second-order valence-corrected chi connectivity index (χ2v) is 4.37. The summed E-state index contributed by atoms with van der Waals surface area (Å²) in [6.45, 7) is 0.522. The number of nitrogens with two attached hydrogens (primary N) is 1. The second-order valence-electron chi connectivity index (χ2n) is 4.37. The Bertz CT molecular complexity index is 604. The molecule has 1 unspecified atom stereocenters. The van der Waals surface area contributed by atoms with Gasteiger partial charge in [-0.1, -0.05) is 11.8 Å². The molecular formula is C14H14FN3O2. The van der Waals surface area contributed by atoms with Gasteiger partial charge in [-0.2, -0.15) is 0 Å². The molecule has 0 aromatic heterocycles. The van der Waals surface area contributed by atoms with E-state index in [1.54, 1.807) is 0 Å². The number of hydrogen-bond donors (Lipinski definition) is 3. The first-order valence-electron chi connectivity index (χ1n) is 6.16. The molecule has 0 saturated carbocycles. The number of amides is 2. The van der Waals surface area contributed by atoms with Gasteiger partial charge in [0.1, 0.15) is 5.82 Å². The summed E-state index contributed by atoms with van der Waals surface area (Å²) in [4.78, 5) is 23.2. The van der Waals surface area contributed by atoms with E-state index >= 15 is 0 Å². The lowest BCUT2D eigenvalue weighted by Gasteiger charge is -2.11. The average molecular weight is 275 g/mol. The fourth-order valence-electron chi connectivity index (χ4n) is 1.93. The molecule has 0 spiro atoms. The molecule has 2 amide bonds. The van der Waals surface area contributed by atoms with Gasteiger partial charge in [0.2, 0.25) is 5.91 Å². The molecule has 1 aliphatic heterocycles. The minimum atomic E-state index is -0.472. The predicted molar refractivity (Wildman–Crippen MR) is 71.2 cm³/mol. The summed E-state index contributed by atoms with van der Waals surface area (Å²) in [7, 11) is 0. The van der Waals surface area contributed by atoms with Crippen molar-refractivity contribution < 1.29 is 14.0 Å². The Morgan fingerprint density at radius 2 is 2.35 bits per heavy atom. The number of halogens is 1. The van der Waals surface area contributed by atoms with E-state index in [2.05, 4.69) is 22.5 Å². The highest BCUT2D eigenvalue weighted by Gasteiger charge is 2.24. The zero-order valence-corrected chi connectivity index (χ0v) is 10.7. The third kappa shape index (κ3) is 3.33. The monoisotopic (exact) mass is 275 g/mol. The molecule has 104 valence electrons. The van der Waals surface area contributed by atoms with Crippen molar-refractivity contribution in [2.75, 3.05) is 13.1 Å². The van der Waals surface area contributed by atoms with Crippen LogP contribution in [0.25, 0.3) is 0 Å². The molecule has 0 aliphatic carbocycles. The van der Waals surface area contributed by atoms with Gasteiger partial charge in [0, 0.05) is 18.5 Å². The lowest BCUT2D eigenvalue weighted by molar-refractivity contribution is -0.119. The second kappa shape index (κ2) is 6.17. The van der Waals surface area contributed by atoms with Crippen LogP contribution in [0.4, 0.5) is 4.39 Å². The van der Waals surface area contributed by atoms with Crippen molar-refractivity contribution in [2.24, 2.45) is 5.73 Å². The lowest BCUT2D eigenvalue weighted by atomic mass is 10.1. The first kappa shape index (κ1) is 14.0. The van der Waals surface area contributed by atoms with Gasteiger partial charge < -0.3 is 16.4 Å². The minimum absolute atomic E-state index is 0.0995. The summed E-state index contributed by atoms with van der Waals surface area (Å²) in [5, 5.41) is 5.34. The maximum atomic E-state index is 13.2. The zero-order valence-electron chi connectivity index (χ0n) is 10.7. The SMILES string of the molecule is NCC#Cc1cc(F)ccc1C(=O)NC1CNC(=O)C1. The highest BCUT2D eigenvalue weighted by atomic mass is 19.1. The number of rotatable bonds is 2. The summed E-state index contributed by atoms with van der Waals surface area (Å²) in [6.07, 6.45) is 0.247. The number of carbonyl (C=O) groups is 2. The van der Waals surface area contributed by atoms with Crippen LogP contribution in [0, 0.1) is 17.7 Å². The molecule has 0 bridgehead atoms. The summed E-state index contributed by atoms with van der Waals surface area (Å²) < 4.78 is 13.2. The van der Waals surface area contributed by atoms with Crippen LogP contribution in [0.1, 0.15) is 22.3 Å². The van der Waals surface area contributed by atoms with E-state index < -0.39 is 5.82 Å². The molecule has 4 N–H and O–H groups in total. The van der Waals surface area contributed by atoms with Crippen molar-refractivity contribution in [2.45, 2.75) is 12.5 Å². The van der Waals surface area contributed by atoms with Crippen molar-refractivity contribution in [1.29, 1.82) is 0 Å². The Hall–Kier alpha value is -2.39. The molecule has 1 aromatic carbocycles. The largest absolute Gasteiger partial charge is 0.354 e. The van der Waals surface area contributed by atoms with Crippen LogP contribution in [0.5, 0.6) is 0 Å². The van der Waals surface area contributed by atoms with E-state index in [4.69, 9.17) is 5.73 Å². The average Bonchev–Trinajstić information content (AvgIpc) is 2.81. The van der Waals surface area contributed by atoms with E-state index in [0.29, 0.717) is 6.54 Å². The van der Waals surface area contributed by atoms with Crippen LogP contribution >= 0.6 is 0 Å². The molecule has 1 heterocycles. The number of hydrogen-bond acceptors (Lipinski definition) is 3. The molecule has 1 saturated heterocycles. The highest BCUT2D eigenvalue weighted by Crippen LogP contribution is 2.11. The van der Waals surface area contributed by atoms with Crippen LogP contribution in [0.3, 0.4) is 0 Å². The maximum Gasteiger partial charge on any atom is 0.252 e. The molecule has 1 aromatic rings. The molecule has 2 rings (SSSR count). The summed E-state index contributed by atoms with van der Waals surface area (Å²) in [5.41, 5.74) is 5.83. The topological polar surface area (TPSA) is 84.2 Å². The fraction of sp³-hybridized carbons (Fsp3) is 0.286. The summed E-state index contributed by atoms with van der Waals surface area (Å²) in [6, 6.07) is 3.50. The van der Waals surface area contributed by atoms with Crippen molar-refractivity contribution >= 4 is 11.8 Å². The molecule has 0 radical (unpaired) electrons. The van der Waals surface area contributed by atoms with Crippen LogP contribution in [0.2, 0.25) is 0 Å². The van der Waals surface area contributed by atoms with Crippen LogP contribution < -0.4 is 16.4 Å².